The number of halogens is 1. The highest BCUT2D eigenvalue weighted by Crippen LogP contribution is 2.28. The topological polar surface area (TPSA) is 50.7 Å². The Morgan fingerprint density at radius 2 is 2.14 bits per heavy atom. The van der Waals surface area contributed by atoms with Gasteiger partial charge in [0.1, 0.15) is 0 Å². The molecule has 6 heteroatoms. The van der Waals surface area contributed by atoms with Crippen molar-refractivity contribution >= 4 is 27.5 Å². The van der Waals surface area contributed by atoms with Gasteiger partial charge < -0.3 is 5.32 Å². The van der Waals surface area contributed by atoms with Crippen molar-refractivity contribution in [1.82, 2.24) is 19.9 Å². The second-order valence-electron chi connectivity index (χ2n) is 5.36. The van der Waals surface area contributed by atoms with Gasteiger partial charge in [-0.2, -0.15) is 0 Å². The van der Waals surface area contributed by atoms with E-state index >= 15 is 0 Å². The molecule has 0 radical (unpaired) electrons. The second kappa shape index (κ2) is 7.96. The molecule has 1 N–H and O–H groups in total. The Bertz CT molecular complexity index is 553. The van der Waals surface area contributed by atoms with Gasteiger partial charge in [-0.3, -0.25) is 4.98 Å². The largest absolute Gasteiger partial charge is 0.309 e. The maximum atomic E-state index is 4.49. The van der Waals surface area contributed by atoms with Crippen LogP contribution in [0.25, 0.3) is 0 Å². The highest BCUT2D eigenvalue weighted by molar-refractivity contribution is 9.10. The summed E-state index contributed by atoms with van der Waals surface area (Å²) in [5.41, 5.74) is 2.18. The molecular formula is C15H21BrN4S. The van der Waals surface area contributed by atoms with E-state index in [0.29, 0.717) is 5.92 Å². The van der Waals surface area contributed by atoms with Gasteiger partial charge in [-0.1, -0.05) is 25.3 Å². The van der Waals surface area contributed by atoms with Crippen LogP contribution < -0.4 is 5.32 Å². The van der Waals surface area contributed by atoms with Gasteiger partial charge in [0, 0.05) is 22.8 Å². The maximum Gasteiger partial charge on any atom is 0.0829 e. The third-order valence-electron chi connectivity index (χ3n) is 3.25. The number of hydrogen-bond donors (Lipinski definition) is 1. The summed E-state index contributed by atoms with van der Waals surface area (Å²) in [6, 6.07) is 4.33. The summed E-state index contributed by atoms with van der Waals surface area (Å²) >= 11 is 4.93. The lowest BCUT2D eigenvalue weighted by Gasteiger charge is -2.18. The number of pyridine rings is 1. The Hall–Kier alpha value is -0.850. The zero-order chi connectivity index (χ0) is 15.2. The van der Waals surface area contributed by atoms with Gasteiger partial charge in [-0.15, -0.1) is 5.10 Å². The van der Waals surface area contributed by atoms with Crippen LogP contribution in [0, 0.1) is 0 Å². The molecule has 0 saturated carbocycles. The van der Waals surface area contributed by atoms with Crippen molar-refractivity contribution in [3.8, 4) is 0 Å². The zero-order valence-electron chi connectivity index (χ0n) is 12.6. The summed E-state index contributed by atoms with van der Waals surface area (Å²) in [4.78, 5) is 5.73. The summed E-state index contributed by atoms with van der Waals surface area (Å²) < 4.78 is 5.16. The molecule has 0 amide bonds. The van der Waals surface area contributed by atoms with E-state index in [0.717, 1.165) is 35.2 Å². The lowest BCUT2D eigenvalue weighted by Crippen LogP contribution is -2.24. The molecule has 0 spiro atoms. The summed E-state index contributed by atoms with van der Waals surface area (Å²) in [5.74, 6) is 0.391. The third-order valence-corrected chi connectivity index (χ3v) is 4.57. The normalized spacial score (nSPS) is 12.8. The highest BCUT2D eigenvalue weighted by Gasteiger charge is 2.21. The van der Waals surface area contributed by atoms with Crippen LogP contribution in [0.2, 0.25) is 0 Å². The molecule has 0 aliphatic rings. The molecule has 2 heterocycles. The molecule has 0 saturated heterocycles. The fourth-order valence-corrected chi connectivity index (χ4v) is 3.27. The molecule has 0 aromatic carbocycles. The van der Waals surface area contributed by atoms with E-state index in [4.69, 9.17) is 0 Å². The first-order chi connectivity index (χ1) is 10.1. The molecule has 2 aromatic rings. The Morgan fingerprint density at radius 1 is 1.33 bits per heavy atom. The number of nitrogens with one attached hydrogen (secondary N) is 1. The van der Waals surface area contributed by atoms with E-state index in [-0.39, 0.29) is 6.04 Å². The van der Waals surface area contributed by atoms with E-state index in [9.17, 15) is 0 Å². The van der Waals surface area contributed by atoms with Crippen molar-refractivity contribution in [3.63, 3.8) is 0 Å². The quantitative estimate of drug-likeness (QED) is 0.798. The molecule has 0 bridgehead atoms. The first-order valence-corrected chi connectivity index (χ1v) is 8.84. The lowest BCUT2D eigenvalue weighted by molar-refractivity contribution is 0.524. The Morgan fingerprint density at radius 3 is 2.76 bits per heavy atom. The van der Waals surface area contributed by atoms with Crippen LogP contribution in [0.4, 0.5) is 0 Å². The van der Waals surface area contributed by atoms with Gasteiger partial charge in [0.25, 0.3) is 0 Å². The predicted molar refractivity (Wildman–Crippen MR) is 90.7 cm³/mol. The molecule has 0 aliphatic heterocycles. The summed E-state index contributed by atoms with van der Waals surface area (Å²) in [7, 11) is 0. The number of nitrogens with zero attached hydrogens (tertiary/aromatic N) is 3. The molecule has 114 valence electrons. The maximum absolute atomic E-state index is 4.49. The zero-order valence-corrected chi connectivity index (χ0v) is 15.0. The van der Waals surface area contributed by atoms with Crippen LogP contribution in [0.15, 0.2) is 22.8 Å². The lowest BCUT2D eigenvalue weighted by atomic mass is 10.0. The third kappa shape index (κ3) is 4.56. The average molecular weight is 369 g/mol. The SMILES string of the molecule is CCCNC(Cc1ccc(Br)cn1)c1snnc1C(C)C. The number of rotatable bonds is 7. The molecule has 1 atom stereocenters. The monoisotopic (exact) mass is 368 g/mol. The first-order valence-electron chi connectivity index (χ1n) is 7.27. The van der Waals surface area contributed by atoms with Crippen molar-refractivity contribution in [3.05, 3.63) is 39.1 Å². The van der Waals surface area contributed by atoms with E-state index < -0.39 is 0 Å². The van der Waals surface area contributed by atoms with Gasteiger partial charge >= 0.3 is 0 Å². The highest BCUT2D eigenvalue weighted by atomic mass is 79.9. The minimum atomic E-state index is 0.232. The van der Waals surface area contributed by atoms with Crippen LogP contribution in [-0.4, -0.2) is 21.1 Å². The van der Waals surface area contributed by atoms with Crippen LogP contribution in [-0.2, 0) is 6.42 Å². The predicted octanol–water partition coefficient (Wildman–Crippen LogP) is 4.10. The van der Waals surface area contributed by atoms with Gasteiger partial charge in [-0.05, 0) is 58.5 Å². The number of aromatic nitrogens is 3. The van der Waals surface area contributed by atoms with Crippen molar-refractivity contribution in [2.45, 2.75) is 45.6 Å². The fraction of sp³-hybridized carbons (Fsp3) is 0.533. The van der Waals surface area contributed by atoms with Crippen molar-refractivity contribution in [2.75, 3.05) is 6.54 Å². The average Bonchev–Trinajstić information content (AvgIpc) is 2.95. The molecule has 2 aromatic heterocycles. The van der Waals surface area contributed by atoms with E-state index in [1.165, 1.54) is 16.4 Å². The van der Waals surface area contributed by atoms with Gasteiger partial charge in [-0.25, -0.2) is 0 Å². The Kier molecular flexibility index (Phi) is 6.26. The standard InChI is InChI=1S/C15H21BrN4S/c1-4-7-17-13(8-12-6-5-11(16)9-18-12)15-14(10(2)3)19-20-21-15/h5-6,9-10,13,17H,4,7-8H2,1-3H3. The molecule has 4 nitrogen and oxygen atoms in total. The summed E-state index contributed by atoms with van der Waals surface area (Å²) in [6.45, 7) is 7.48. The molecule has 0 fully saturated rings. The minimum absolute atomic E-state index is 0.232. The Balaban J connectivity index is 2.21. The number of hydrogen-bond acceptors (Lipinski definition) is 5. The van der Waals surface area contributed by atoms with E-state index in [1.807, 2.05) is 12.3 Å². The minimum Gasteiger partial charge on any atom is -0.309 e. The van der Waals surface area contributed by atoms with E-state index in [1.54, 1.807) is 0 Å². The first kappa shape index (κ1) is 16.5. The summed E-state index contributed by atoms with van der Waals surface area (Å²) in [5, 5.41) is 7.91. The van der Waals surface area contributed by atoms with Gasteiger partial charge in [0.15, 0.2) is 0 Å². The molecule has 21 heavy (non-hydrogen) atoms. The van der Waals surface area contributed by atoms with Crippen molar-refractivity contribution in [2.24, 2.45) is 0 Å². The fourth-order valence-electron chi connectivity index (χ4n) is 2.16. The summed E-state index contributed by atoms with van der Waals surface area (Å²) in [6.07, 6.45) is 3.81. The van der Waals surface area contributed by atoms with Crippen molar-refractivity contribution in [1.29, 1.82) is 0 Å². The smallest absolute Gasteiger partial charge is 0.0829 e. The van der Waals surface area contributed by atoms with Crippen LogP contribution in [0.3, 0.4) is 0 Å². The molecular weight excluding hydrogens is 348 g/mol. The Labute approximate surface area is 138 Å². The van der Waals surface area contributed by atoms with Gasteiger partial charge in [0.05, 0.1) is 16.6 Å². The van der Waals surface area contributed by atoms with Crippen LogP contribution >= 0.6 is 27.5 Å². The van der Waals surface area contributed by atoms with Crippen LogP contribution in [0.5, 0.6) is 0 Å². The van der Waals surface area contributed by atoms with Gasteiger partial charge in [0.2, 0.25) is 0 Å². The molecule has 0 aliphatic carbocycles. The van der Waals surface area contributed by atoms with Crippen LogP contribution in [0.1, 0.15) is 55.4 Å². The molecule has 2 rings (SSSR count). The van der Waals surface area contributed by atoms with Crippen molar-refractivity contribution < 1.29 is 0 Å². The molecule has 1 unspecified atom stereocenters. The van der Waals surface area contributed by atoms with E-state index in [2.05, 4.69) is 62.7 Å². The second-order valence-corrected chi connectivity index (χ2v) is 7.06.